The number of ether oxygens (including phenoxy) is 1. The first kappa shape index (κ1) is 9.04. The van der Waals surface area contributed by atoms with Gasteiger partial charge in [-0.3, -0.25) is 0 Å². The van der Waals surface area contributed by atoms with Crippen LogP contribution in [-0.2, 0) is 0 Å². The first-order chi connectivity index (χ1) is 5.66. The van der Waals surface area contributed by atoms with Gasteiger partial charge in [0.2, 0.25) is 0 Å². The summed E-state index contributed by atoms with van der Waals surface area (Å²) in [5.74, 6) is 0.109. The highest BCUT2D eigenvalue weighted by molar-refractivity contribution is 5.39. The van der Waals surface area contributed by atoms with Crippen molar-refractivity contribution in [3.8, 4) is 5.75 Å². The maximum Gasteiger partial charge on any atom is 0.165 e. The topological polar surface area (TPSA) is 9.23 Å². The molecule has 0 spiro atoms. The van der Waals surface area contributed by atoms with Crippen LogP contribution in [0.1, 0.15) is 18.1 Å². The van der Waals surface area contributed by atoms with Crippen molar-refractivity contribution in [1.29, 1.82) is 0 Å². The third-order valence-corrected chi connectivity index (χ3v) is 1.92. The van der Waals surface area contributed by atoms with E-state index in [1.807, 2.05) is 20.8 Å². The van der Waals surface area contributed by atoms with Crippen molar-refractivity contribution in [3.05, 3.63) is 29.1 Å². The minimum Gasteiger partial charge on any atom is -0.491 e. The van der Waals surface area contributed by atoms with Gasteiger partial charge < -0.3 is 4.74 Å². The van der Waals surface area contributed by atoms with E-state index in [0.29, 0.717) is 12.4 Å². The number of hydrogen-bond donors (Lipinski definition) is 0. The molecule has 0 aliphatic heterocycles. The fraction of sp³-hybridized carbons (Fsp3) is 0.400. The van der Waals surface area contributed by atoms with E-state index in [-0.39, 0.29) is 5.82 Å². The molecular formula is C10H13FO. The fourth-order valence-corrected chi connectivity index (χ4v) is 1.08. The SMILES string of the molecule is CCOc1c(F)ccc(C)c1C. The van der Waals surface area contributed by atoms with Crippen LogP contribution in [0.4, 0.5) is 4.39 Å². The maximum absolute atomic E-state index is 13.1. The normalized spacial score (nSPS) is 10.0. The second-order valence-electron chi connectivity index (χ2n) is 2.75. The largest absolute Gasteiger partial charge is 0.491 e. The van der Waals surface area contributed by atoms with Crippen molar-refractivity contribution in [2.45, 2.75) is 20.8 Å². The monoisotopic (exact) mass is 168 g/mol. The Morgan fingerprint density at radius 1 is 1.33 bits per heavy atom. The Hall–Kier alpha value is -1.05. The number of benzene rings is 1. The summed E-state index contributed by atoms with van der Waals surface area (Å²) in [6.07, 6.45) is 0. The molecule has 12 heavy (non-hydrogen) atoms. The molecule has 1 aromatic carbocycles. The van der Waals surface area contributed by atoms with E-state index < -0.39 is 0 Å². The lowest BCUT2D eigenvalue weighted by Crippen LogP contribution is -1.98. The standard InChI is InChI=1S/C10H13FO/c1-4-12-10-8(3)7(2)5-6-9(10)11/h5-6H,4H2,1-3H3. The van der Waals surface area contributed by atoms with Gasteiger partial charge in [0.1, 0.15) is 0 Å². The molecular weight excluding hydrogens is 155 g/mol. The number of hydrogen-bond acceptors (Lipinski definition) is 1. The van der Waals surface area contributed by atoms with Crippen molar-refractivity contribution in [2.75, 3.05) is 6.61 Å². The molecule has 0 aromatic heterocycles. The summed E-state index contributed by atoms with van der Waals surface area (Å²) in [5.41, 5.74) is 1.94. The van der Waals surface area contributed by atoms with Gasteiger partial charge in [-0.25, -0.2) is 4.39 Å². The predicted octanol–water partition coefficient (Wildman–Crippen LogP) is 2.84. The Morgan fingerprint density at radius 2 is 2.00 bits per heavy atom. The average Bonchev–Trinajstić information content (AvgIpc) is 2.06. The van der Waals surface area contributed by atoms with Crippen molar-refractivity contribution >= 4 is 0 Å². The lowest BCUT2D eigenvalue weighted by Gasteiger charge is -2.09. The molecule has 0 bridgehead atoms. The number of halogens is 1. The zero-order chi connectivity index (χ0) is 9.14. The van der Waals surface area contributed by atoms with E-state index in [2.05, 4.69) is 0 Å². The molecule has 0 unspecified atom stereocenters. The number of aryl methyl sites for hydroxylation is 1. The van der Waals surface area contributed by atoms with Crippen LogP contribution >= 0.6 is 0 Å². The lowest BCUT2D eigenvalue weighted by molar-refractivity contribution is 0.319. The van der Waals surface area contributed by atoms with Gasteiger partial charge in [0.25, 0.3) is 0 Å². The van der Waals surface area contributed by atoms with Crippen molar-refractivity contribution in [2.24, 2.45) is 0 Å². The summed E-state index contributed by atoms with van der Waals surface area (Å²) in [7, 11) is 0. The molecule has 0 heterocycles. The molecule has 0 aliphatic carbocycles. The Bertz CT molecular complexity index is 281. The van der Waals surface area contributed by atoms with Gasteiger partial charge in [0, 0.05) is 0 Å². The van der Waals surface area contributed by atoms with E-state index in [1.54, 1.807) is 6.07 Å². The van der Waals surface area contributed by atoms with Crippen LogP contribution in [-0.4, -0.2) is 6.61 Å². The molecule has 0 N–H and O–H groups in total. The van der Waals surface area contributed by atoms with Crippen molar-refractivity contribution in [3.63, 3.8) is 0 Å². The Labute approximate surface area is 72.2 Å². The molecule has 2 heteroatoms. The van der Waals surface area contributed by atoms with Crippen molar-refractivity contribution in [1.82, 2.24) is 0 Å². The fourth-order valence-electron chi connectivity index (χ4n) is 1.08. The third-order valence-electron chi connectivity index (χ3n) is 1.92. The smallest absolute Gasteiger partial charge is 0.165 e. The molecule has 0 saturated heterocycles. The van der Waals surface area contributed by atoms with Gasteiger partial charge in [0.15, 0.2) is 11.6 Å². The van der Waals surface area contributed by atoms with E-state index in [0.717, 1.165) is 11.1 Å². The minimum absolute atomic E-state index is 0.278. The second kappa shape index (κ2) is 3.57. The van der Waals surface area contributed by atoms with Crippen LogP contribution in [0.15, 0.2) is 12.1 Å². The van der Waals surface area contributed by atoms with Crippen LogP contribution in [0.5, 0.6) is 5.75 Å². The third kappa shape index (κ3) is 1.58. The van der Waals surface area contributed by atoms with E-state index in [1.165, 1.54) is 6.07 Å². The van der Waals surface area contributed by atoms with Gasteiger partial charge in [-0.05, 0) is 38.0 Å². The zero-order valence-corrected chi connectivity index (χ0v) is 7.65. The highest BCUT2D eigenvalue weighted by atomic mass is 19.1. The molecule has 0 atom stereocenters. The van der Waals surface area contributed by atoms with E-state index in [9.17, 15) is 4.39 Å². The first-order valence-electron chi connectivity index (χ1n) is 4.05. The summed E-state index contributed by atoms with van der Waals surface area (Å²) in [5, 5.41) is 0. The van der Waals surface area contributed by atoms with Gasteiger partial charge in [-0.15, -0.1) is 0 Å². The molecule has 1 nitrogen and oxygen atoms in total. The van der Waals surface area contributed by atoms with E-state index in [4.69, 9.17) is 4.74 Å². The molecule has 0 aliphatic rings. The van der Waals surface area contributed by atoms with Crippen LogP contribution in [0, 0.1) is 19.7 Å². The van der Waals surface area contributed by atoms with Crippen LogP contribution in [0.2, 0.25) is 0 Å². The maximum atomic E-state index is 13.1. The summed E-state index contributed by atoms with van der Waals surface area (Å²) >= 11 is 0. The Morgan fingerprint density at radius 3 is 2.58 bits per heavy atom. The Balaban J connectivity index is 3.14. The van der Waals surface area contributed by atoms with Crippen molar-refractivity contribution < 1.29 is 9.13 Å². The molecule has 0 amide bonds. The van der Waals surface area contributed by atoms with Crippen LogP contribution in [0.25, 0.3) is 0 Å². The molecule has 1 rings (SSSR count). The molecule has 66 valence electrons. The summed E-state index contributed by atoms with van der Waals surface area (Å²) < 4.78 is 18.3. The molecule has 0 radical (unpaired) electrons. The second-order valence-corrected chi connectivity index (χ2v) is 2.75. The predicted molar refractivity (Wildman–Crippen MR) is 47.0 cm³/mol. The van der Waals surface area contributed by atoms with Gasteiger partial charge in [-0.2, -0.15) is 0 Å². The van der Waals surface area contributed by atoms with Gasteiger partial charge >= 0.3 is 0 Å². The van der Waals surface area contributed by atoms with Crippen LogP contribution < -0.4 is 4.74 Å². The first-order valence-corrected chi connectivity index (χ1v) is 4.05. The lowest BCUT2D eigenvalue weighted by atomic mass is 10.1. The molecule has 0 fully saturated rings. The number of rotatable bonds is 2. The summed E-state index contributed by atoms with van der Waals surface area (Å²) in [4.78, 5) is 0. The minimum atomic E-state index is -0.278. The summed E-state index contributed by atoms with van der Waals surface area (Å²) in [6, 6.07) is 3.19. The average molecular weight is 168 g/mol. The highest BCUT2D eigenvalue weighted by Gasteiger charge is 2.07. The van der Waals surface area contributed by atoms with Gasteiger partial charge in [-0.1, -0.05) is 6.07 Å². The van der Waals surface area contributed by atoms with Gasteiger partial charge in [0.05, 0.1) is 6.61 Å². The summed E-state index contributed by atoms with van der Waals surface area (Å²) in [6.45, 7) is 6.16. The van der Waals surface area contributed by atoms with Crippen LogP contribution in [0.3, 0.4) is 0 Å². The Kier molecular flexibility index (Phi) is 2.69. The molecule has 0 saturated carbocycles. The highest BCUT2D eigenvalue weighted by Crippen LogP contribution is 2.24. The molecule has 1 aromatic rings. The zero-order valence-electron chi connectivity index (χ0n) is 7.65. The quantitative estimate of drug-likeness (QED) is 0.659. The van der Waals surface area contributed by atoms with E-state index >= 15 is 0 Å².